The molecule has 6 nitrogen and oxygen atoms in total. The van der Waals surface area contributed by atoms with E-state index in [1.807, 2.05) is 4.79 Å². The Morgan fingerprint density at radius 1 is 1.25 bits per heavy atom. The zero-order valence-electron chi connectivity index (χ0n) is 10.2. The van der Waals surface area contributed by atoms with Crippen LogP contribution in [0.15, 0.2) is 0 Å². The molecule has 1 aromatic rings. The molecule has 0 spiro atoms. The molecule has 0 radical (unpaired) electrons. The molecule has 1 aliphatic rings. The first kappa shape index (κ1) is 11.3. The quantitative estimate of drug-likeness (QED) is 0.721. The van der Waals surface area contributed by atoms with Crippen LogP contribution in [0.5, 0.6) is 0 Å². The molecule has 90 valence electrons. The molecule has 0 aromatic carbocycles. The first-order valence-electron chi connectivity index (χ1n) is 5.66. The van der Waals surface area contributed by atoms with Crippen LogP contribution in [-0.2, 0) is 11.2 Å². The van der Waals surface area contributed by atoms with E-state index in [1.165, 1.54) is 0 Å². The molecule has 1 fully saturated rings. The van der Waals surface area contributed by atoms with E-state index in [9.17, 15) is 0 Å². The molecular formula is C10H19N5O. The largest absolute Gasteiger partial charge is 0.378 e. The molecule has 0 N–H and O–H groups in total. The van der Waals surface area contributed by atoms with Crippen molar-refractivity contribution in [2.45, 2.75) is 27.2 Å². The Morgan fingerprint density at radius 2 is 1.94 bits per heavy atom. The van der Waals surface area contributed by atoms with E-state index in [0.717, 1.165) is 38.5 Å². The second kappa shape index (κ2) is 4.37. The fraction of sp³-hybridized carbons (Fsp3) is 0.900. The van der Waals surface area contributed by atoms with Gasteiger partial charge in [0.05, 0.1) is 26.3 Å². The zero-order chi connectivity index (χ0) is 11.6. The number of aromatic nitrogens is 4. The Morgan fingerprint density at radius 3 is 2.56 bits per heavy atom. The van der Waals surface area contributed by atoms with Gasteiger partial charge >= 0.3 is 0 Å². The maximum atomic E-state index is 5.31. The fourth-order valence-corrected chi connectivity index (χ4v) is 1.74. The van der Waals surface area contributed by atoms with Gasteiger partial charge in [0.1, 0.15) is 0 Å². The lowest BCUT2D eigenvalue weighted by atomic mass is 9.92. The van der Waals surface area contributed by atoms with Crippen LogP contribution in [0.4, 0.5) is 0 Å². The van der Waals surface area contributed by atoms with Gasteiger partial charge in [-0.25, -0.2) is 0 Å². The van der Waals surface area contributed by atoms with Gasteiger partial charge in [-0.2, -0.15) is 0 Å². The predicted molar refractivity (Wildman–Crippen MR) is 59.7 cm³/mol. The summed E-state index contributed by atoms with van der Waals surface area (Å²) in [6.07, 6.45) is 0.872. The van der Waals surface area contributed by atoms with Crippen molar-refractivity contribution in [3.05, 3.63) is 5.82 Å². The van der Waals surface area contributed by atoms with Crippen molar-refractivity contribution in [1.29, 1.82) is 0 Å². The second-order valence-corrected chi connectivity index (χ2v) is 5.29. The minimum atomic E-state index is 0.193. The van der Waals surface area contributed by atoms with Crippen LogP contribution in [0.2, 0.25) is 0 Å². The monoisotopic (exact) mass is 225 g/mol. The summed E-state index contributed by atoms with van der Waals surface area (Å²) in [5.41, 5.74) is 0.193. The van der Waals surface area contributed by atoms with E-state index in [-0.39, 0.29) is 5.41 Å². The van der Waals surface area contributed by atoms with Gasteiger partial charge in [0, 0.05) is 6.42 Å². The number of morpholine rings is 1. The lowest BCUT2D eigenvalue weighted by molar-refractivity contribution is 0.108. The summed E-state index contributed by atoms with van der Waals surface area (Å²) in [6, 6.07) is 0. The van der Waals surface area contributed by atoms with Crippen molar-refractivity contribution < 1.29 is 4.74 Å². The molecule has 16 heavy (non-hydrogen) atoms. The Hall–Kier alpha value is -1.17. The van der Waals surface area contributed by atoms with Crippen molar-refractivity contribution in [3.8, 4) is 0 Å². The topological polar surface area (TPSA) is 56.1 Å². The third-order valence-electron chi connectivity index (χ3n) is 2.46. The Balaban J connectivity index is 2.11. The molecule has 1 aliphatic heterocycles. The van der Waals surface area contributed by atoms with Crippen LogP contribution >= 0.6 is 0 Å². The van der Waals surface area contributed by atoms with E-state index < -0.39 is 0 Å². The molecule has 1 aromatic heterocycles. The van der Waals surface area contributed by atoms with E-state index in [0.29, 0.717) is 0 Å². The third kappa shape index (κ3) is 2.69. The van der Waals surface area contributed by atoms with Gasteiger partial charge in [0.2, 0.25) is 0 Å². The third-order valence-corrected chi connectivity index (χ3v) is 2.46. The maximum Gasteiger partial charge on any atom is 0.175 e. The molecule has 2 heterocycles. The molecule has 0 unspecified atom stereocenters. The van der Waals surface area contributed by atoms with Gasteiger partial charge in [-0.1, -0.05) is 20.8 Å². The zero-order valence-corrected chi connectivity index (χ0v) is 10.2. The van der Waals surface area contributed by atoms with Crippen LogP contribution in [0.25, 0.3) is 0 Å². The maximum absolute atomic E-state index is 5.31. The normalized spacial score (nSPS) is 17.8. The molecule has 0 aliphatic carbocycles. The summed E-state index contributed by atoms with van der Waals surface area (Å²) in [5, 5.41) is 14.0. The summed E-state index contributed by atoms with van der Waals surface area (Å²) >= 11 is 0. The van der Waals surface area contributed by atoms with E-state index in [2.05, 4.69) is 41.3 Å². The number of hydrogen-bond acceptors (Lipinski definition) is 5. The number of hydrogen-bond donors (Lipinski definition) is 0. The Bertz CT molecular complexity index is 337. The summed E-state index contributed by atoms with van der Waals surface area (Å²) in [5.74, 6) is 0.925. The smallest absolute Gasteiger partial charge is 0.175 e. The molecule has 0 bridgehead atoms. The predicted octanol–water partition coefficient (Wildman–Crippen LogP) is 0.230. The Labute approximate surface area is 95.5 Å². The summed E-state index contributed by atoms with van der Waals surface area (Å²) in [6.45, 7) is 9.75. The van der Waals surface area contributed by atoms with Gasteiger partial charge in [-0.3, -0.25) is 5.01 Å². The number of rotatable bonds is 2. The van der Waals surface area contributed by atoms with Crippen molar-refractivity contribution >= 4 is 0 Å². The average Bonchev–Trinajstić information content (AvgIpc) is 2.64. The summed E-state index contributed by atoms with van der Waals surface area (Å²) in [4.78, 5) is 1.83. The molecule has 0 atom stereocenters. The molecule has 2 rings (SSSR count). The van der Waals surface area contributed by atoms with Gasteiger partial charge in [-0.15, -0.1) is 9.89 Å². The van der Waals surface area contributed by atoms with E-state index in [4.69, 9.17) is 4.74 Å². The average molecular weight is 225 g/mol. The number of ether oxygens (including phenoxy) is 1. The fourth-order valence-electron chi connectivity index (χ4n) is 1.74. The van der Waals surface area contributed by atoms with Crippen molar-refractivity contribution in [1.82, 2.24) is 20.3 Å². The first-order valence-corrected chi connectivity index (χ1v) is 5.66. The van der Waals surface area contributed by atoms with Crippen LogP contribution in [0.3, 0.4) is 0 Å². The van der Waals surface area contributed by atoms with E-state index in [1.54, 1.807) is 0 Å². The molecular weight excluding hydrogens is 206 g/mol. The lowest BCUT2D eigenvalue weighted by Crippen LogP contribution is -2.45. The molecule has 0 saturated carbocycles. The van der Waals surface area contributed by atoms with Gasteiger partial charge in [0.25, 0.3) is 0 Å². The summed E-state index contributed by atoms with van der Waals surface area (Å²) in [7, 11) is 0. The highest BCUT2D eigenvalue weighted by Crippen LogP contribution is 2.18. The lowest BCUT2D eigenvalue weighted by Gasteiger charge is -2.29. The van der Waals surface area contributed by atoms with Gasteiger partial charge < -0.3 is 4.74 Å². The highest BCUT2D eigenvalue weighted by molar-refractivity contribution is 4.94. The van der Waals surface area contributed by atoms with Crippen LogP contribution in [0, 0.1) is 5.41 Å². The number of tetrazole rings is 1. The van der Waals surface area contributed by atoms with Crippen LogP contribution in [0.1, 0.15) is 26.6 Å². The van der Waals surface area contributed by atoms with Crippen molar-refractivity contribution in [2.75, 3.05) is 31.3 Å². The highest BCUT2D eigenvalue weighted by Gasteiger charge is 2.21. The van der Waals surface area contributed by atoms with Gasteiger partial charge in [0.15, 0.2) is 5.82 Å². The minimum absolute atomic E-state index is 0.193. The van der Waals surface area contributed by atoms with Crippen molar-refractivity contribution in [2.24, 2.45) is 5.41 Å². The second-order valence-electron chi connectivity index (χ2n) is 5.29. The van der Waals surface area contributed by atoms with E-state index >= 15 is 0 Å². The molecule has 6 heteroatoms. The standard InChI is InChI=1S/C10H19N5O/c1-10(2,3)8-9-11-12-13-15(9)14-4-6-16-7-5-14/h4-8H2,1-3H3. The first-order chi connectivity index (χ1) is 7.56. The molecule has 1 saturated heterocycles. The SMILES string of the molecule is CC(C)(C)Cc1nnnn1N1CCOCC1. The van der Waals surface area contributed by atoms with Crippen molar-refractivity contribution in [3.63, 3.8) is 0 Å². The van der Waals surface area contributed by atoms with Crippen LogP contribution in [-0.4, -0.2) is 46.6 Å². The molecule has 0 amide bonds. The Kier molecular flexibility index (Phi) is 3.09. The number of nitrogens with zero attached hydrogens (tertiary/aromatic N) is 5. The van der Waals surface area contributed by atoms with Crippen LogP contribution < -0.4 is 5.01 Å². The highest BCUT2D eigenvalue weighted by atomic mass is 16.5. The summed E-state index contributed by atoms with van der Waals surface area (Å²) < 4.78 is 5.31. The van der Waals surface area contributed by atoms with Gasteiger partial charge in [-0.05, 0) is 15.8 Å². The minimum Gasteiger partial charge on any atom is -0.378 e.